The van der Waals surface area contributed by atoms with Gasteiger partial charge < -0.3 is 4.74 Å². The van der Waals surface area contributed by atoms with E-state index in [-0.39, 0.29) is 12.1 Å². The molecule has 0 unspecified atom stereocenters. The van der Waals surface area contributed by atoms with Crippen molar-refractivity contribution in [1.29, 1.82) is 0 Å². The zero-order valence-corrected chi connectivity index (χ0v) is 15.9. The highest BCUT2D eigenvalue weighted by Gasteiger charge is 2.33. The van der Waals surface area contributed by atoms with Gasteiger partial charge in [0.15, 0.2) is 0 Å². The van der Waals surface area contributed by atoms with Gasteiger partial charge in [-0.05, 0) is 36.6 Å². The SMILES string of the molecule is O=C(OCc1ccccc1)N1CCC[C@H]1c1nc2ccc(Br)cc2s1. The lowest BCUT2D eigenvalue weighted by atomic mass is 10.2. The average Bonchev–Trinajstić information content (AvgIpc) is 3.26. The highest BCUT2D eigenvalue weighted by Crippen LogP contribution is 2.37. The van der Waals surface area contributed by atoms with Gasteiger partial charge in [0.2, 0.25) is 0 Å². The highest BCUT2D eigenvalue weighted by molar-refractivity contribution is 9.10. The quantitative estimate of drug-likeness (QED) is 0.563. The van der Waals surface area contributed by atoms with Crippen molar-refractivity contribution >= 4 is 43.6 Å². The molecule has 2 aromatic carbocycles. The van der Waals surface area contributed by atoms with Gasteiger partial charge in [0.05, 0.1) is 16.3 Å². The fraction of sp³-hybridized carbons (Fsp3) is 0.263. The third-order valence-electron chi connectivity index (χ3n) is 4.34. The third kappa shape index (κ3) is 3.55. The fourth-order valence-electron chi connectivity index (χ4n) is 3.10. The molecule has 1 atom stereocenters. The molecule has 128 valence electrons. The summed E-state index contributed by atoms with van der Waals surface area (Å²) in [5.41, 5.74) is 1.98. The Kier molecular flexibility index (Phi) is 4.72. The van der Waals surface area contributed by atoms with Gasteiger partial charge in [-0.25, -0.2) is 9.78 Å². The van der Waals surface area contributed by atoms with Crippen LogP contribution in [0.4, 0.5) is 4.79 Å². The molecule has 1 aliphatic rings. The first-order valence-corrected chi connectivity index (χ1v) is 9.85. The molecule has 3 aromatic rings. The number of hydrogen-bond donors (Lipinski definition) is 0. The highest BCUT2D eigenvalue weighted by atomic mass is 79.9. The number of fused-ring (bicyclic) bond motifs is 1. The van der Waals surface area contributed by atoms with Gasteiger partial charge in [0.25, 0.3) is 0 Å². The van der Waals surface area contributed by atoms with Gasteiger partial charge in [0, 0.05) is 11.0 Å². The Morgan fingerprint density at radius 2 is 2.12 bits per heavy atom. The molecule has 4 rings (SSSR count). The van der Waals surface area contributed by atoms with E-state index in [1.165, 1.54) is 0 Å². The van der Waals surface area contributed by atoms with Crippen molar-refractivity contribution in [1.82, 2.24) is 9.88 Å². The summed E-state index contributed by atoms with van der Waals surface area (Å²) in [4.78, 5) is 19.1. The van der Waals surface area contributed by atoms with Crippen molar-refractivity contribution in [2.45, 2.75) is 25.5 Å². The molecule has 0 spiro atoms. The Labute approximate surface area is 158 Å². The first kappa shape index (κ1) is 16.5. The van der Waals surface area contributed by atoms with Crippen molar-refractivity contribution in [3.63, 3.8) is 0 Å². The Hall–Kier alpha value is -1.92. The summed E-state index contributed by atoms with van der Waals surface area (Å²) < 4.78 is 7.69. The van der Waals surface area contributed by atoms with E-state index in [4.69, 9.17) is 9.72 Å². The minimum atomic E-state index is -0.258. The summed E-state index contributed by atoms with van der Waals surface area (Å²) in [5, 5.41) is 0.988. The monoisotopic (exact) mass is 416 g/mol. The minimum absolute atomic E-state index is 0.0134. The first-order chi connectivity index (χ1) is 12.2. The number of halogens is 1. The number of ether oxygens (including phenoxy) is 1. The Bertz CT molecular complexity index is 897. The molecule has 0 saturated carbocycles. The lowest BCUT2D eigenvalue weighted by Crippen LogP contribution is -2.31. The van der Waals surface area contributed by atoms with Crippen LogP contribution in [0.5, 0.6) is 0 Å². The van der Waals surface area contributed by atoms with Crippen molar-refractivity contribution in [2.24, 2.45) is 0 Å². The molecule has 4 nitrogen and oxygen atoms in total. The molecule has 0 N–H and O–H groups in total. The van der Waals surface area contributed by atoms with Crippen LogP contribution >= 0.6 is 27.3 Å². The second-order valence-corrected chi connectivity index (χ2v) is 8.03. The summed E-state index contributed by atoms with van der Waals surface area (Å²) in [7, 11) is 0. The summed E-state index contributed by atoms with van der Waals surface area (Å²) in [6.45, 7) is 1.02. The molecular weight excluding hydrogens is 400 g/mol. The van der Waals surface area contributed by atoms with Gasteiger partial charge in [-0.1, -0.05) is 46.3 Å². The van der Waals surface area contributed by atoms with E-state index < -0.39 is 0 Å². The predicted molar refractivity (Wildman–Crippen MR) is 103 cm³/mol. The van der Waals surface area contributed by atoms with Crippen LogP contribution in [0.15, 0.2) is 53.0 Å². The van der Waals surface area contributed by atoms with Gasteiger partial charge in [-0.3, -0.25) is 4.90 Å². The lowest BCUT2D eigenvalue weighted by molar-refractivity contribution is 0.0920. The van der Waals surface area contributed by atoms with Crippen LogP contribution in [-0.2, 0) is 11.3 Å². The number of carbonyl (C=O) groups is 1. The van der Waals surface area contributed by atoms with Crippen LogP contribution in [0.3, 0.4) is 0 Å². The zero-order valence-electron chi connectivity index (χ0n) is 13.5. The van der Waals surface area contributed by atoms with Crippen molar-refractivity contribution in [3.8, 4) is 0 Å². The molecule has 1 aliphatic heterocycles. The van der Waals surface area contributed by atoms with Crippen LogP contribution in [0, 0.1) is 0 Å². The van der Waals surface area contributed by atoms with Gasteiger partial charge in [-0.15, -0.1) is 11.3 Å². The summed E-state index contributed by atoms with van der Waals surface area (Å²) >= 11 is 5.15. The number of aromatic nitrogens is 1. The largest absolute Gasteiger partial charge is 0.445 e. The van der Waals surface area contributed by atoms with Crippen LogP contribution in [-0.4, -0.2) is 22.5 Å². The minimum Gasteiger partial charge on any atom is -0.445 e. The standard InChI is InChI=1S/C19H17BrN2O2S/c20-14-8-9-15-17(11-14)25-18(21-15)16-7-4-10-22(16)19(23)24-12-13-5-2-1-3-6-13/h1-3,5-6,8-9,11,16H,4,7,10,12H2/t16-/m0/s1. The molecular formula is C19H17BrN2O2S. The fourth-order valence-corrected chi connectivity index (χ4v) is 4.77. The normalized spacial score (nSPS) is 17.2. The average molecular weight is 417 g/mol. The van der Waals surface area contributed by atoms with E-state index in [0.717, 1.165) is 44.6 Å². The van der Waals surface area contributed by atoms with Crippen molar-refractivity contribution in [3.05, 3.63) is 63.6 Å². The maximum atomic E-state index is 12.5. The molecule has 0 radical (unpaired) electrons. The van der Waals surface area contributed by atoms with Crippen LogP contribution < -0.4 is 0 Å². The lowest BCUT2D eigenvalue weighted by Gasteiger charge is -2.22. The second-order valence-electron chi connectivity index (χ2n) is 6.06. The molecule has 1 aromatic heterocycles. The Morgan fingerprint density at radius 3 is 2.96 bits per heavy atom. The van der Waals surface area contributed by atoms with E-state index in [1.54, 1.807) is 11.3 Å². The number of carbonyl (C=O) groups excluding carboxylic acids is 1. The number of benzene rings is 2. The molecule has 0 aliphatic carbocycles. The maximum Gasteiger partial charge on any atom is 0.410 e. The first-order valence-electron chi connectivity index (χ1n) is 8.24. The van der Waals surface area contributed by atoms with E-state index in [9.17, 15) is 4.79 Å². The van der Waals surface area contributed by atoms with Crippen molar-refractivity contribution < 1.29 is 9.53 Å². The predicted octanol–water partition coefficient (Wildman–Crippen LogP) is 5.53. The summed E-state index contributed by atoms with van der Waals surface area (Å²) in [5.74, 6) is 0. The van der Waals surface area contributed by atoms with Crippen LogP contribution in [0.2, 0.25) is 0 Å². The van der Waals surface area contributed by atoms with Gasteiger partial charge >= 0.3 is 6.09 Å². The second kappa shape index (κ2) is 7.14. The van der Waals surface area contributed by atoms with Gasteiger partial charge in [0.1, 0.15) is 11.6 Å². The number of nitrogens with zero attached hydrogens (tertiary/aromatic N) is 2. The van der Waals surface area contributed by atoms with Crippen LogP contribution in [0.1, 0.15) is 29.5 Å². The molecule has 0 bridgehead atoms. The molecule has 6 heteroatoms. The van der Waals surface area contributed by atoms with Gasteiger partial charge in [-0.2, -0.15) is 0 Å². The smallest absolute Gasteiger partial charge is 0.410 e. The third-order valence-corrected chi connectivity index (χ3v) is 5.96. The number of thiazole rings is 1. The van der Waals surface area contributed by atoms with Crippen molar-refractivity contribution in [2.75, 3.05) is 6.54 Å². The molecule has 1 saturated heterocycles. The Morgan fingerprint density at radius 1 is 1.28 bits per heavy atom. The van der Waals surface area contributed by atoms with E-state index >= 15 is 0 Å². The number of hydrogen-bond acceptors (Lipinski definition) is 4. The topological polar surface area (TPSA) is 42.4 Å². The molecule has 2 heterocycles. The molecule has 1 fully saturated rings. The van der Waals surface area contributed by atoms with E-state index in [2.05, 4.69) is 22.0 Å². The number of amides is 1. The Balaban J connectivity index is 1.50. The van der Waals surface area contributed by atoms with Crippen LogP contribution in [0.25, 0.3) is 10.2 Å². The number of rotatable bonds is 3. The van der Waals surface area contributed by atoms with E-state index in [1.807, 2.05) is 47.4 Å². The summed E-state index contributed by atoms with van der Waals surface area (Å²) in [6.07, 6.45) is 1.65. The van der Waals surface area contributed by atoms with E-state index in [0.29, 0.717) is 6.61 Å². The summed E-state index contributed by atoms with van der Waals surface area (Å²) in [6, 6.07) is 15.8. The maximum absolute atomic E-state index is 12.5. The number of likely N-dealkylation sites (tertiary alicyclic amines) is 1. The molecule has 25 heavy (non-hydrogen) atoms. The molecule has 1 amide bonds. The zero-order chi connectivity index (χ0) is 17.2.